The first-order chi connectivity index (χ1) is 10.2. The molecule has 4 heterocycles. The Balaban J connectivity index is 1.76. The molecule has 2 N–H and O–H groups in total. The lowest BCUT2D eigenvalue weighted by molar-refractivity contribution is 0.668. The predicted octanol–water partition coefficient (Wildman–Crippen LogP) is 1.80. The second kappa shape index (κ2) is 4.94. The largest absolute Gasteiger partial charge is 0.323 e. The summed E-state index contributed by atoms with van der Waals surface area (Å²) in [5.74, 6) is -0.0703. The Kier molecular flexibility index (Phi) is 3.06. The van der Waals surface area contributed by atoms with Crippen LogP contribution in [0.15, 0.2) is 50.8 Å². The van der Waals surface area contributed by atoms with Gasteiger partial charge in [-0.2, -0.15) is 0 Å². The van der Waals surface area contributed by atoms with Gasteiger partial charge in [-0.05, 0) is 17.5 Å². The third-order valence-corrected chi connectivity index (χ3v) is 5.61. The predicted molar refractivity (Wildman–Crippen MR) is 85.1 cm³/mol. The molecule has 2 atom stereocenters. The molecule has 21 heavy (non-hydrogen) atoms. The number of nitrogens with two attached hydrogens (primary N) is 1. The third kappa shape index (κ3) is 2.08. The van der Waals surface area contributed by atoms with Gasteiger partial charge in [0.25, 0.3) is 5.56 Å². The van der Waals surface area contributed by atoms with Gasteiger partial charge >= 0.3 is 0 Å². The molecule has 2 unspecified atom stereocenters. The molecule has 106 valence electrons. The number of thiophene rings is 1. The zero-order valence-corrected chi connectivity index (χ0v) is 12.6. The van der Waals surface area contributed by atoms with Crippen LogP contribution in [-0.4, -0.2) is 20.6 Å². The molecule has 0 radical (unpaired) electrons. The Hall–Kier alpha value is -1.70. The molecule has 4 rings (SSSR count). The molecule has 0 saturated carbocycles. The summed E-state index contributed by atoms with van der Waals surface area (Å²) in [7, 11) is 0. The highest BCUT2D eigenvalue weighted by atomic mass is 32.2. The van der Waals surface area contributed by atoms with Crippen LogP contribution < -0.4 is 11.3 Å². The van der Waals surface area contributed by atoms with E-state index in [1.807, 2.05) is 23.6 Å². The molecule has 2 aliphatic rings. The Labute approximate surface area is 129 Å². The summed E-state index contributed by atoms with van der Waals surface area (Å²) >= 11 is 3.04. The van der Waals surface area contributed by atoms with Crippen molar-refractivity contribution in [2.24, 2.45) is 10.7 Å². The number of fused-ring (bicyclic) bond motifs is 3. The highest BCUT2D eigenvalue weighted by molar-refractivity contribution is 8.14. The summed E-state index contributed by atoms with van der Waals surface area (Å²) in [5.41, 5.74) is 6.86. The maximum absolute atomic E-state index is 12.6. The average molecular weight is 316 g/mol. The van der Waals surface area contributed by atoms with Crippen LogP contribution >= 0.6 is 23.1 Å². The summed E-state index contributed by atoms with van der Waals surface area (Å²) in [5, 5.41) is 2.88. The van der Waals surface area contributed by atoms with Gasteiger partial charge in [0.1, 0.15) is 4.90 Å². The highest BCUT2D eigenvalue weighted by Crippen LogP contribution is 2.41. The zero-order chi connectivity index (χ0) is 14.4. The Morgan fingerprint density at radius 3 is 3.14 bits per heavy atom. The molecule has 0 aliphatic carbocycles. The molecule has 0 aromatic carbocycles. The van der Waals surface area contributed by atoms with E-state index in [2.05, 4.69) is 9.98 Å². The average Bonchev–Trinajstić information content (AvgIpc) is 3.10. The van der Waals surface area contributed by atoms with Gasteiger partial charge in [-0.3, -0.25) is 14.4 Å². The van der Waals surface area contributed by atoms with E-state index in [1.165, 1.54) is 11.8 Å². The smallest absolute Gasteiger partial charge is 0.268 e. The normalized spacial score (nSPS) is 22.8. The molecule has 0 bridgehead atoms. The van der Waals surface area contributed by atoms with Gasteiger partial charge < -0.3 is 5.73 Å². The number of hydrogen-bond acceptors (Lipinski definition) is 6. The fourth-order valence-electron chi connectivity index (χ4n) is 2.55. The minimum atomic E-state index is -0.161. The fourth-order valence-corrected chi connectivity index (χ4v) is 4.46. The maximum Gasteiger partial charge on any atom is 0.268 e. The lowest BCUT2D eigenvalue weighted by Crippen LogP contribution is -2.31. The number of thioether (sulfide) groups is 1. The monoisotopic (exact) mass is 316 g/mol. The van der Waals surface area contributed by atoms with E-state index in [9.17, 15) is 4.79 Å². The van der Waals surface area contributed by atoms with Crippen LogP contribution in [0, 0.1) is 0 Å². The summed E-state index contributed by atoms with van der Waals surface area (Å²) in [6, 6.07) is 3.83. The maximum atomic E-state index is 12.6. The SMILES string of the molecule is NC1C=CN=C2Sc3c(ncn(Cc4cccs4)c3=O)C21. The van der Waals surface area contributed by atoms with Crippen molar-refractivity contribution in [3.05, 3.63) is 57.0 Å². The number of aliphatic imine (C=N–C) groups is 1. The molecular weight excluding hydrogens is 304 g/mol. The second-order valence-corrected chi connectivity index (χ2v) is 7.00. The zero-order valence-electron chi connectivity index (χ0n) is 11.0. The van der Waals surface area contributed by atoms with E-state index in [0.717, 1.165) is 15.6 Å². The number of hydrogen-bond donors (Lipinski definition) is 1. The Morgan fingerprint density at radius 1 is 1.43 bits per heavy atom. The summed E-state index contributed by atoms with van der Waals surface area (Å²) in [6.45, 7) is 0.554. The van der Waals surface area contributed by atoms with Gasteiger partial charge in [-0.25, -0.2) is 4.98 Å². The number of aromatic nitrogens is 2. The van der Waals surface area contributed by atoms with Crippen LogP contribution in [0.5, 0.6) is 0 Å². The van der Waals surface area contributed by atoms with Crippen molar-refractivity contribution < 1.29 is 0 Å². The standard InChI is InChI=1S/C14H12N4OS2/c15-9-3-4-16-13-10(9)11-12(21-13)14(19)18(7-17-11)6-8-2-1-5-20-8/h1-5,7,9-10H,6,15H2. The van der Waals surface area contributed by atoms with Crippen molar-refractivity contribution >= 4 is 28.1 Å². The molecule has 2 aromatic rings. The quantitative estimate of drug-likeness (QED) is 0.917. The fraction of sp³-hybridized carbons (Fsp3) is 0.214. The summed E-state index contributed by atoms with van der Waals surface area (Å²) in [6.07, 6.45) is 5.18. The molecule has 0 fully saturated rings. The van der Waals surface area contributed by atoms with Crippen LogP contribution in [-0.2, 0) is 6.54 Å². The summed E-state index contributed by atoms with van der Waals surface area (Å²) < 4.78 is 1.65. The van der Waals surface area contributed by atoms with Crippen molar-refractivity contribution in [3.8, 4) is 0 Å². The first-order valence-corrected chi connectivity index (χ1v) is 8.23. The van der Waals surface area contributed by atoms with Gasteiger partial charge in [0.05, 0.1) is 29.5 Å². The van der Waals surface area contributed by atoms with Gasteiger partial charge in [0.2, 0.25) is 0 Å². The van der Waals surface area contributed by atoms with Crippen LogP contribution in [0.1, 0.15) is 16.5 Å². The first-order valence-electron chi connectivity index (χ1n) is 6.53. The van der Waals surface area contributed by atoms with E-state index in [-0.39, 0.29) is 17.5 Å². The summed E-state index contributed by atoms with van der Waals surface area (Å²) in [4.78, 5) is 23.2. The Morgan fingerprint density at radius 2 is 2.33 bits per heavy atom. The molecule has 5 nitrogen and oxygen atoms in total. The molecule has 0 spiro atoms. The van der Waals surface area contributed by atoms with Crippen LogP contribution in [0.4, 0.5) is 0 Å². The van der Waals surface area contributed by atoms with Gasteiger partial charge in [-0.1, -0.05) is 17.8 Å². The van der Waals surface area contributed by atoms with Gasteiger partial charge in [0.15, 0.2) is 0 Å². The number of rotatable bonds is 2. The van der Waals surface area contributed by atoms with Crippen molar-refractivity contribution in [1.82, 2.24) is 9.55 Å². The van der Waals surface area contributed by atoms with Crippen molar-refractivity contribution in [2.75, 3.05) is 0 Å². The van der Waals surface area contributed by atoms with Gasteiger partial charge in [0, 0.05) is 17.1 Å². The van der Waals surface area contributed by atoms with E-state index in [1.54, 1.807) is 28.4 Å². The minimum absolute atomic E-state index is 0.0114. The van der Waals surface area contributed by atoms with E-state index in [0.29, 0.717) is 11.4 Å². The second-order valence-electron chi connectivity index (χ2n) is 4.94. The van der Waals surface area contributed by atoms with E-state index in [4.69, 9.17) is 5.73 Å². The Bertz CT molecular complexity index is 807. The van der Waals surface area contributed by atoms with Crippen LogP contribution in [0.25, 0.3) is 0 Å². The highest BCUT2D eigenvalue weighted by Gasteiger charge is 2.38. The van der Waals surface area contributed by atoms with Crippen molar-refractivity contribution in [3.63, 3.8) is 0 Å². The third-order valence-electron chi connectivity index (χ3n) is 3.59. The molecule has 2 aromatic heterocycles. The minimum Gasteiger partial charge on any atom is -0.323 e. The van der Waals surface area contributed by atoms with E-state index < -0.39 is 0 Å². The molecule has 0 amide bonds. The van der Waals surface area contributed by atoms with E-state index >= 15 is 0 Å². The van der Waals surface area contributed by atoms with Crippen molar-refractivity contribution in [2.45, 2.75) is 23.4 Å². The first kappa shape index (κ1) is 13.0. The lowest BCUT2D eigenvalue weighted by atomic mass is 9.96. The van der Waals surface area contributed by atoms with Crippen LogP contribution in [0.3, 0.4) is 0 Å². The number of nitrogens with zero attached hydrogens (tertiary/aromatic N) is 3. The molecule has 0 saturated heterocycles. The lowest BCUT2D eigenvalue weighted by Gasteiger charge is -2.18. The van der Waals surface area contributed by atoms with Crippen LogP contribution in [0.2, 0.25) is 0 Å². The molecular formula is C14H12N4OS2. The van der Waals surface area contributed by atoms with Gasteiger partial charge in [-0.15, -0.1) is 11.3 Å². The molecule has 7 heteroatoms. The van der Waals surface area contributed by atoms with Crippen molar-refractivity contribution in [1.29, 1.82) is 0 Å². The molecule has 2 aliphatic heterocycles. The topological polar surface area (TPSA) is 73.3 Å².